The van der Waals surface area contributed by atoms with E-state index in [2.05, 4.69) is 10.3 Å². The number of thiazole rings is 1. The van der Waals surface area contributed by atoms with Gasteiger partial charge in [-0.25, -0.2) is 9.78 Å². The molecule has 1 heterocycles. The highest BCUT2D eigenvalue weighted by Gasteiger charge is 2.29. The molecule has 106 valence electrons. The van der Waals surface area contributed by atoms with Gasteiger partial charge in [0, 0.05) is 6.54 Å². The van der Waals surface area contributed by atoms with Crippen LogP contribution in [0.15, 0.2) is 29.8 Å². The maximum Gasteiger partial charge on any atom is 0.416 e. The van der Waals surface area contributed by atoms with Gasteiger partial charge in [0.1, 0.15) is 5.00 Å². The van der Waals surface area contributed by atoms with Crippen LogP contribution in [-0.4, -0.2) is 16.1 Å². The third-order valence-corrected chi connectivity index (χ3v) is 3.29. The van der Waals surface area contributed by atoms with Gasteiger partial charge in [-0.1, -0.05) is 12.1 Å². The molecular formula is C12H9F3N2O2S. The first-order valence-electron chi connectivity index (χ1n) is 5.44. The van der Waals surface area contributed by atoms with Crippen molar-refractivity contribution in [3.63, 3.8) is 0 Å². The topological polar surface area (TPSA) is 62.2 Å². The first-order chi connectivity index (χ1) is 9.38. The maximum atomic E-state index is 12.4. The lowest BCUT2D eigenvalue weighted by Gasteiger charge is -2.08. The Morgan fingerprint density at radius 2 is 1.95 bits per heavy atom. The van der Waals surface area contributed by atoms with E-state index in [1.165, 1.54) is 17.6 Å². The molecule has 0 saturated carbocycles. The number of hydrogen-bond acceptors (Lipinski definition) is 4. The lowest BCUT2D eigenvalue weighted by Crippen LogP contribution is -2.06. The molecule has 0 aliphatic rings. The van der Waals surface area contributed by atoms with Crippen LogP contribution in [0.5, 0.6) is 0 Å². The number of anilines is 1. The number of rotatable bonds is 4. The van der Waals surface area contributed by atoms with Gasteiger partial charge in [0.2, 0.25) is 0 Å². The molecule has 0 radical (unpaired) electrons. The van der Waals surface area contributed by atoms with E-state index in [1.807, 2.05) is 0 Å². The number of carbonyl (C=O) groups is 1. The Bertz CT molecular complexity index is 608. The van der Waals surface area contributed by atoms with Gasteiger partial charge in [0.05, 0.1) is 11.1 Å². The maximum absolute atomic E-state index is 12.4. The van der Waals surface area contributed by atoms with Gasteiger partial charge in [-0.3, -0.25) is 0 Å². The predicted molar refractivity (Wildman–Crippen MR) is 67.8 cm³/mol. The molecule has 1 aromatic carbocycles. The number of halogens is 3. The molecule has 2 N–H and O–H groups in total. The number of carboxylic acid groups (broad SMARTS) is 1. The first kappa shape index (κ1) is 14.3. The number of aromatic carboxylic acids is 1. The first-order valence-corrected chi connectivity index (χ1v) is 6.32. The summed E-state index contributed by atoms with van der Waals surface area (Å²) < 4.78 is 37.1. The zero-order valence-electron chi connectivity index (χ0n) is 9.94. The smallest absolute Gasteiger partial charge is 0.416 e. The van der Waals surface area contributed by atoms with Gasteiger partial charge in [-0.15, -0.1) is 11.3 Å². The van der Waals surface area contributed by atoms with Crippen molar-refractivity contribution in [2.45, 2.75) is 12.7 Å². The highest BCUT2D eigenvalue weighted by molar-refractivity contribution is 7.14. The standard InChI is InChI=1S/C12H9F3N2O2S/c13-12(14,15)8-3-1-7(2-4-8)5-16-10-9(11(18)19)17-6-20-10/h1-4,6,16H,5H2,(H,18,19). The number of aromatic nitrogens is 1. The average Bonchev–Trinajstić information content (AvgIpc) is 2.84. The Morgan fingerprint density at radius 1 is 1.30 bits per heavy atom. The zero-order valence-corrected chi connectivity index (χ0v) is 10.8. The molecule has 0 aliphatic heterocycles. The molecule has 0 saturated heterocycles. The van der Waals surface area contributed by atoms with Gasteiger partial charge in [-0.2, -0.15) is 13.2 Å². The summed E-state index contributed by atoms with van der Waals surface area (Å²) in [7, 11) is 0. The number of carboxylic acids is 1. The van der Waals surface area contributed by atoms with Crippen LogP contribution < -0.4 is 5.32 Å². The van der Waals surface area contributed by atoms with Crippen molar-refractivity contribution < 1.29 is 23.1 Å². The molecule has 2 rings (SSSR count). The molecule has 0 bridgehead atoms. The van der Waals surface area contributed by atoms with Crippen molar-refractivity contribution in [3.8, 4) is 0 Å². The van der Waals surface area contributed by atoms with Gasteiger partial charge in [-0.05, 0) is 17.7 Å². The van der Waals surface area contributed by atoms with E-state index in [4.69, 9.17) is 5.11 Å². The normalized spacial score (nSPS) is 11.3. The summed E-state index contributed by atoms with van der Waals surface area (Å²) in [5.74, 6) is -1.15. The van der Waals surface area contributed by atoms with Gasteiger partial charge in [0.25, 0.3) is 0 Å². The molecule has 2 aromatic rings. The van der Waals surface area contributed by atoms with Crippen LogP contribution in [0.1, 0.15) is 21.6 Å². The Balaban J connectivity index is 2.04. The van der Waals surface area contributed by atoms with Gasteiger partial charge < -0.3 is 10.4 Å². The summed E-state index contributed by atoms with van der Waals surface area (Å²) in [6, 6.07) is 4.66. The molecule has 0 aliphatic carbocycles. The van der Waals surface area contributed by atoms with E-state index >= 15 is 0 Å². The van der Waals surface area contributed by atoms with Crippen molar-refractivity contribution in [2.75, 3.05) is 5.32 Å². The summed E-state index contributed by atoms with van der Waals surface area (Å²) in [5, 5.41) is 12.1. The van der Waals surface area contributed by atoms with Crippen LogP contribution in [0, 0.1) is 0 Å². The Morgan fingerprint density at radius 3 is 2.50 bits per heavy atom. The molecule has 8 heteroatoms. The van der Waals surface area contributed by atoms with Crippen LogP contribution in [0.2, 0.25) is 0 Å². The van der Waals surface area contributed by atoms with Crippen molar-refractivity contribution in [1.82, 2.24) is 4.98 Å². The minimum absolute atomic E-state index is 0.0955. The van der Waals surface area contributed by atoms with Crippen LogP contribution >= 0.6 is 11.3 Å². The third-order valence-electron chi connectivity index (χ3n) is 2.50. The minimum atomic E-state index is -4.36. The third kappa shape index (κ3) is 3.27. The number of hydrogen-bond donors (Lipinski definition) is 2. The van der Waals surface area contributed by atoms with E-state index in [0.29, 0.717) is 10.6 Å². The summed E-state index contributed by atoms with van der Waals surface area (Å²) in [6.45, 7) is 0.223. The highest BCUT2D eigenvalue weighted by atomic mass is 32.1. The molecule has 0 amide bonds. The monoisotopic (exact) mass is 302 g/mol. The lowest BCUT2D eigenvalue weighted by molar-refractivity contribution is -0.137. The Hall–Kier alpha value is -2.09. The summed E-state index contributed by atoms with van der Waals surface area (Å²) >= 11 is 1.12. The predicted octanol–water partition coefficient (Wildman–Crippen LogP) is 3.47. The van der Waals surface area contributed by atoms with E-state index in [1.54, 1.807) is 0 Å². The fraction of sp³-hybridized carbons (Fsp3) is 0.167. The van der Waals surface area contributed by atoms with Crippen LogP contribution in [-0.2, 0) is 12.7 Å². The fourth-order valence-electron chi connectivity index (χ4n) is 1.52. The molecule has 1 aromatic heterocycles. The second-order valence-corrected chi connectivity index (χ2v) is 4.74. The highest BCUT2D eigenvalue weighted by Crippen LogP contribution is 2.29. The van der Waals surface area contributed by atoms with Crippen molar-refractivity contribution >= 4 is 22.3 Å². The van der Waals surface area contributed by atoms with Crippen molar-refractivity contribution in [3.05, 3.63) is 46.6 Å². The lowest BCUT2D eigenvalue weighted by atomic mass is 10.1. The van der Waals surface area contributed by atoms with Gasteiger partial charge in [0.15, 0.2) is 5.69 Å². The average molecular weight is 302 g/mol. The number of nitrogens with zero attached hydrogens (tertiary/aromatic N) is 1. The number of nitrogens with one attached hydrogen (secondary N) is 1. The fourth-order valence-corrected chi connectivity index (χ4v) is 2.19. The van der Waals surface area contributed by atoms with E-state index in [0.717, 1.165) is 23.5 Å². The number of benzene rings is 1. The van der Waals surface area contributed by atoms with Crippen LogP contribution in [0.3, 0.4) is 0 Å². The second kappa shape index (κ2) is 5.49. The zero-order chi connectivity index (χ0) is 14.8. The second-order valence-electron chi connectivity index (χ2n) is 3.88. The van der Waals surface area contributed by atoms with Crippen molar-refractivity contribution in [2.24, 2.45) is 0 Å². The molecule has 0 fully saturated rings. The van der Waals surface area contributed by atoms with Gasteiger partial charge >= 0.3 is 12.1 Å². The quantitative estimate of drug-likeness (QED) is 0.907. The molecule has 0 spiro atoms. The van der Waals surface area contributed by atoms with Crippen LogP contribution in [0.25, 0.3) is 0 Å². The SMILES string of the molecule is O=C(O)c1ncsc1NCc1ccc(C(F)(F)F)cc1. The largest absolute Gasteiger partial charge is 0.476 e. The van der Waals surface area contributed by atoms with Crippen molar-refractivity contribution in [1.29, 1.82) is 0 Å². The molecule has 4 nitrogen and oxygen atoms in total. The van der Waals surface area contributed by atoms with E-state index < -0.39 is 17.7 Å². The minimum Gasteiger partial charge on any atom is -0.476 e. The summed E-state index contributed by atoms with van der Waals surface area (Å²) in [5.41, 5.74) is 1.19. The Labute approximate surface area is 115 Å². The molecule has 0 atom stereocenters. The van der Waals surface area contributed by atoms with E-state index in [9.17, 15) is 18.0 Å². The molecule has 0 unspecified atom stereocenters. The molecule has 20 heavy (non-hydrogen) atoms. The summed E-state index contributed by atoms with van der Waals surface area (Å²) in [4.78, 5) is 14.5. The van der Waals surface area contributed by atoms with E-state index in [-0.39, 0.29) is 12.2 Å². The molecular weight excluding hydrogens is 293 g/mol. The van der Waals surface area contributed by atoms with Crippen LogP contribution in [0.4, 0.5) is 18.2 Å². The number of alkyl halides is 3. The summed E-state index contributed by atoms with van der Waals surface area (Å²) in [6.07, 6.45) is -4.36. The Kier molecular flexibility index (Phi) is 3.93.